The number of aromatic nitrogens is 3. The summed E-state index contributed by atoms with van der Waals surface area (Å²) in [4.78, 5) is 6.19. The molecule has 2 aliphatic rings. The molecule has 0 radical (unpaired) electrons. The lowest BCUT2D eigenvalue weighted by Gasteiger charge is -2.28. The van der Waals surface area contributed by atoms with Gasteiger partial charge in [0.1, 0.15) is 5.82 Å². The Balaban J connectivity index is 1.51. The molecule has 7 heteroatoms. The minimum atomic E-state index is -0.0476. The van der Waals surface area contributed by atoms with Crippen LogP contribution < -0.4 is 10.6 Å². The number of rotatable bonds is 5. The first-order chi connectivity index (χ1) is 15.9. The van der Waals surface area contributed by atoms with Crippen LogP contribution in [0.15, 0.2) is 24.4 Å². The van der Waals surface area contributed by atoms with Gasteiger partial charge in [-0.2, -0.15) is 5.10 Å². The van der Waals surface area contributed by atoms with E-state index in [4.69, 9.17) is 9.72 Å². The number of ether oxygens (including phenoxy) is 1. The van der Waals surface area contributed by atoms with Gasteiger partial charge < -0.3 is 15.4 Å². The number of fused-ring (bicyclic) bond motifs is 1. The number of pyridine rings is 1. The molecule has 178 valence electrons. The topological polar surface area (TPSA) is 64.0 Å². The zero-order chi connectivity index (χ0) is 23.0. The van der Waals surface area contributed by atoms with Crippen molar-refractivity contribution in [3.05, 3.63) is 24.4 Å². The van der Waals surface area contributed by atoms with Crippen LogP contribution in [0.3, 0.4) is 0 Å². The van der Waals surface area contributed by atoms with Crippen LogP contribution in [0.1, 0.15) is 78.9 Å². The van der Waals surface area contributed by atoms with E-state index in [1.54, 1.807) is 11.3 Å². The molecule has 33 heavy (non-hydrogen) atoms. The second kappa shape index (κ2) is 9.26. The highest BCUT2D eigenvalue weighted by molar-refractivity contribution is 7.22. The number of nitrogens with one attached hydrogen (secondary N) is 2. The van der Waals surface area contributed by atoms with Crippen molar-refractivity contribution in [2.75, 3.05) is 17.2 Å². The van der Waals surface area contributed by atoms with Gasteiger partial charge in [-0.25, -0.2) is 9.67 Å². The van der Waals surface area contributed by atoms with Crippen molar-refractivity contribution in [3.63, 3.8) is 0 Å². The largest absolute Gasteiger partial charge is 0.381 e. The summed E-state index contributed by atoms with van der Waals surface area (Å²) in [6.07, 6.45) is 10.3. The first-order valence-electron chi connectivity index (χ1n) is 12.5. The van der Waals surface area contributed by atoms with Crippen molar-refractivity contribution in [3.8, 4) is 10.6 Å². The normalized spacial score (nSPS) is 24.2. The molecule has 1 saturated heterocycles. The third kappa shape index (κ3) is 5.19. The Morgan fingerprint density at radius 3 is 2.64 bits per heavy atom. The summed E-state index contributed by atoms with van der Waals surface area (Å²) in [6, 6.07) is 7.05. The summed E-state index contributed by atoms with van der Waals surface area (Å²) in [5.41, 5.74) is 3.30. The van der Waals surface area contributed by atoms with Gasteiger partial charge in [-0.1, -0.05) is 6.92 Å². The fraction of sp³-hybridized carbons (Fsp3) is 0.615. The van der Waals surface area contributed by atoms with Crippen LogP contribution in [0.5, 0.6) is 0 Å². The van der Waals surface area contributed by atoms with Crippen LogP contribution >= 0.6 is 11.3 Å². The van der Waals surface area contributed by atoms with Gasteiger partial charge in [0.25, 0.3) is 0 Å². The van der Waals surface area contributed by atoms with Gasteiger partial charge in [-0.05, 0) is 83.8 Å². The molecule has 3 aromatic heterocycles. The predicted octanol–water partition coefficient (Wildman–Crippen LogP) is 7.06. The average molecular weight is 468 g/mol. The second-order valence-corrected chi connectivity index (χ2v) is 11.9. The molecule has 1 aliphatic carbocycles. The van der Waals surface area contributed by atoms with Crippen LogP contribution in [0.2, 0.25) is 0 Å². The summed E-state index contributed by atoms with van der Waals surface area (Å²) in [6.45, 7) is 9.72. The number of hydrogen-bond acceptors (Lipinski definition) is 6. The van der Waals surface area contributed by atoms with E-state index in [9.17, 15) is 0 Å². The summed E-state index contributed by atoms with van der Waals surface area (Å²) < 4.78 is 9.32. The smallest absolute Gasteiger partial charge is 0.150 e. The third-order valence-corrected chi connectivity index (χ3v) is 7.89. The number of hydrogen-bond donors (Lipinski definition) is 2. The number of thiophene rings is 1. The summed E-state index contributed by atoms with van der Waals surface area (Å²) >= 11 is 1.81. The minimum Gasteiger partial charge on any atom is -0.381 e. The Kier molecular flexibility index (Phi) is 6.36. The van der Waals surface area contributed by atoms with E-state index < -0.39 is 0 Å². The van der Waals surface area contributed by atoms with E-state index in [-0.39, 0.29) is 11.8 Å². The summed E-state index contributed by atoms with van der Waals surface area (Å²) in [5, 5.41) is 12.1. The van der Waals surface area contributed by atoms with Crippen molar-refractivity contribution in [2.45, 2.75) is 90.4 Å². The van der Waals surface area contributed by atoms with Crippen molar-refractivity contribution in [1.29, 1.82) is 0 Å². The maximum absolute atomic E-state index is 6.03. The Labute approximate surface area is 201 Å². The van der Waals surface area contributed by atoms with Crippen LogP contribution in [-0.4, -0.2) is 33.0 Å². The molecular formula is C26H37N5OS. The van der Waals surface area contributed by atoms with Crippen LogP contribution in [-0.2, 0) is 4.74 Å². The summed E-state index contributed by atoms with van der Waals surface area (Å²) in [7, 11) is 0. The first-order valence-corrected chi connectivity index (χ1v) is 13.3. The zero-order valence-electron chi connectivity index (χ0n) is 20.4. The molecule has 1 saturated carbocycles. The lowest BCUT2D eigenvalue weighted by molar-refractivity contribution is -0.0383. The lowest BCUT2D eigenvalue weighted by atomic mass is 9.87. The van der Waals surface area contributed by atoms with E-state index in [2.05, 4.69) is 66.3 Å². The number of nitrogens with zero attached hydrogens (tertiary/aromatic N) is 3. The maximum atomic E-state index is 6.03. The molecule has 4 heterocycles. The Morgan fingerprint density at radius 1 is 1.09 bits per heavy atom. The van der Waals surface area contributed by atoms with Gasteiger partial charge in [-0.15, -0.1) is 11.3 Å². The first kappa shape index (κ1) is 22.7. The lowest BCUT2D eigenvalue weighted by Crippen LogP contribution is -2.27. The van der Waals surface area contributed by atoms with Crippen molar-refractivity contribution < 1.29 is 4.74 Å². The standard InChI is InChI=1S/C26H37N5OS/c1-17-8-10-18(11-9-17)28-20-16-23(30-26(2,3)4)29-19-15-22(33-25(19)20)21-12-13-27-31(21)24-7-5-6-14-32-24/h12-13,15-18,24H,5-11,14H2,1-4H3,(H2,28,29,30). The quantitative estimate of drug-likeness (QED) is 0.420. The minimum absolute atomic E-state index is 0.0295. The van der Waals surface area contributed by atoms with E-state index in [1.165, 1.54) is 47.4 Å². The van der Waals surface area contributed by atoms with E-state index in [0.29, 0.717) is 6.04 Å². The second-order valence-electron chi connectivity index (χ2n) is 10.8. The van der Waals surface area contributed by atoms with E-state index in [1.807, 2.05) is 6.20 Å². The van der Waals surface area contributed by atoms with Crippen LogP contribution in [0, 0.1) is 5.92 Å². The highest BCUT2D eigenvalue weighted by Crippen LogP contribution is 2.40. The van der Waals surface area contributed by atoms with Crippen molar-refractivity contribution in [1.82, 2.24) is 14.8 Å². The van der Waals surface area contributed by atoms with Crippen molar-refractivity contribution in [2.24, 2.45) is 5.92 Å². The molecule has 6 nitrogen and oxygen atoms in total. The van der Waals surface area contributed by atoms with Crippen LogP contribution in [0.4, 0.5) is 11.5 Å². The van der Waals surface area contributed by atoms with Gasteiger partial charge in [0.05, 0.1) is 26.5 Å². The Bertz CT molecular complexity index is 1080. The van der Waals surface area contributed by atoms with E-state index >= 15 is 0 Å². The van der Waals surface area contributed by atoms with Gasteiger partial charge >= 0.3 is 0 Å². The molecular weight excluding hydrogens is 430 g/mol. The molecule has 2 fully saturated rings. The molecule has 1 aliphatic heterocycles. The monoisotopic (exact) mass is 467 g/mol. The summed E-state index contributed by atoms with van der Waals surface area (Å²) in [5.74, 6) is 1.77. The highest BCUT2D eigenvalue weighted by Gasteiger charge is 2.23. The van der Waals surface area contributed by atoms with Gasteiger partial charge in [-0.3, -0.25) is 0 Å². The fourth-order valence-electron chi connectivity index (χ4n) is 4.98. The van der Waals surface area contributed by atoms with E-state index in [0.717, 1.165) is 42.4 Å². The Morgan fingerprint density at radius 2 is 1.91 bits per heavy atom. The SMILES string of the molecule is CC1CCC(Nc2cc(NC(C)(C)C)nc3cc(-c4ccnn4C4CCCCO4)sc23)CC1. The molecule has 0 bridgehead atoms. The highest BCUT2D eigenvalue weighted by atomic mass is 32.1. The Hall–Kier alpha value is -2.12. The molecule has 0 aromatic carbocycles. The fourth-order valence-corrected chi connectivity index (χ4v) is 6.08. The molecule has 1 atom stereocenters. The molecule has 3 aromatic rings. The number of anilines is 2. The molecule has 0 spiro atoms. The molecule has 1 unspecified atom stereocenters. The molecule has 0 amide bonds. The average Bonchev–Trinajstić information content (AvgIpc) is 3.42. The van der Waals surface area contributed by atoms with Gasteiger partial charge in [0.2, 0.25) is 0 Å². The molecule has 5 rings (SSSR count). The van der Waals surface area contributed by atoms with Gasteiger partial charge in [0.15, 0.2) is 6.23 Å². The van der Waals surface area contributed by atoms with Crippen LogP contribution in [0.25, 0.3) is 20.8 Å². The van der Waals surface area contributed by atoms with Crippen molar-refractivity contribution >= 4 is 33.1 Å². The predicted molar refractivity (Wildman–Crippen MR) is 138 cm³/mol. The zero-order valence-corrected chi connectivity index (χ0v) is 21.2. The third-order valence-electron chi connectivity index (χ3n) is 6.71. The molecule has 2 N–H and O–H groups in total. The van der Waals surface area contributed by atoms with Gasteiger partial charge in [0, 0.05) is 30.5 Å². The maximum Gasteiger partial charge on any atom is 0.150 e.